The highest BCUT2D eigenvalue weighted by atomic mass is 16.4. The van der Waals surface area contributed by atoms with E-state index in [9.17, 15) is 9.59 Å². The lowest BCUT2D eigenvalue weighted by molar-refractivity contribution is -0.156. The molecule has 1 fully saturated rings. The Hall–Kier alpha value is -1.32. The van der Waals surface area contributed by atoms with Gasteiger partial charge in [-0.05, 0) is 12.8 Å². The first kappa shape index (κ1) is 8.77. The van der Waals surface area contributed by atoms with E-state index < -0.39 is 11.9 Å². The van der Waals surface area contributed by atoms with Crippen molar-refractivity contribution >= 4 is 11.9 Å². The van der Waals surface area contributed by atoms with Gasteiger partial charge in [-0.2, -0.15) is 0 Å². The van der Waals surface area contributed by atoms with Crippen LogP contribution < -0.4 is 0 Å². The molecule has 1 N–H and O–H groups in total. The van der Waals surface area contributed by atoms with Crippen molar-refractivity contribution in [2.24, 2.45) is 0 Å². The molecular weight excluding hydrogens is 158 g/mol. The topological polar surface area (TPSA) is 57.6 Å². The van der Waals surface area contributed by atoms with Crippen LogP contribution in [0.4, 0.5) is 0 Å². The van der Waals surface area contributed by atoms with Crippen LogP contribution >= 0.6 is 0 Å². The first-order chi connectivity index (χ1) is 5.61. The highest BCUT2D eigenvalue weighted by Crippen LogP contribution is 2.13. The summed E-state index contributed by atoms with van der Waals surface area (Å²) >= 11 is 0. The fourth-order valence-corrected chi connectivity index (χ4v) is 1.16. The predicted octanol–water partition coefficient (Wildman–Crippen LogP) is 0.250. The zero-order valence-electron chi connectivity index (χ0n) is 6.75. The first-order valence-electron chi connectivity index (χ1n) is 3.80. The number of likely N-dealkylation sites (tertiary alicyclic amines) is 1. The number of carbonyl (C=O) groups is 2. The van der Waals surface area contributed by atoms with Crippen LogP contribution in [0.25, 0.3) is 0 Å². The van der Waals surface area contributed by atoms with E-state index in [4.69, 9.17) is 5.11 Å². The fraction of sp³-hybridized carbons (Fsp3) is 0.500. The van der Waals surface area contributed by atoms with Gasteiger partial charge in [0.1, 0.15) is 0 Å². The summed E-state index contributed by atoms with van der Waals surface area (Å²) in [5, 5.41) is 8.39. The van der Waals surface area contributed by atoms with Crippen LogP contribution in [-0.4, -0.2) is 35.0 Å². The van der Waals surface area contributed by atoms with Crippen LogP contribution in [0.15, 0.2) is 12.2 Å². The highest BCUT2D eigenvalue weighted by Gasteiger charge is 2.23. The molecule has 4 heteroatoms. The summed E-state index contributed by atoms with van der Waals surface area (Å²) in [6, 6.07) is 0. The Morgan fingerprint density at radius 3 is 2.25 bits per heavy atom. The van der Waals surface area contributed by atoms with E-state index in [1.54, 1.807) is 0 Å². The summed E-state index contributed by atoms with van der Waals surface area (Å²) < 4.78 is 0. The van der Waals surface area contributed by atoms with Crippen LogP contribution in [0.3, 0.4) is 0 Å². The smallest absolute Gasteiger partial charge is 0.394 e. The predicted molar refractivity (Wildman–Crippen MR) is 42.6 cm³/mol. The molecule has 66 valence electrons. The number of aliphatic carboxylic acids is 1. The zero-order valence-corrected chi connectivity index (χ0v) is 6.75. The van der Waals surface area contributed by atoms with E-state index in [2.05, 4.69) is 6.58 Å². The second-order valence-electron chi connectivity index (χ2n) is 2.85. The van der Waals surface area contributed by atoms with Gasteiger partial charge in [0.2, 0.25) is 0 Å². The van der Waals surface area contributed by atoms with Gasteiger partial charge in [0.25, 0.3) is 0 Å². The molecule has 0 bridgehead atoms. The minimum atomic E-state index is -1.37. The second-order valence-corrected chi connectivity index (χ2v) is 2.85. The lowest BCUT2D eigenvalue weighted by atomic mass is 10.1. The summed E-state index contributed by atoms with van der Waals surface area (Å²) in [6.45, 7) is 4.75. The number of rotatable bonds is 0. The van der Waals surface area contributed by atoms with Gasteiger partial charge in [0.15, 0.2) is 0 Å². The van der Waals surface area contributed by atoms with Gasteiger partial charge >= 0.3 is 11.9 Å². The number of carbonyl (C=O) groups excluding carboxylic acids is 1. The molecule has 4 nitrogen and oxygen atoms in total. The monoisotopic (exact) mass is 169 g/mol. The molecule has 0 aliphatic carbocycles. The molecule has 1 amide bonds. The van der Waals surface area contributed by atoms with Crippen molar-refractivity contribution in [2.75, 3.05) is 13.1 Å². The van der Waals surface area contributed by atoms with Crippen LogP contribution in [0.2, 0.25) is 0 Å². The van der Waals surface area contributed by atoms with Crippen LogP contribution in [0.1, 0.15) is 12.8 Å². The van der Waals surface area contributed by atoms with Gasteiger partial charge in [-0.3, -0.25) is 4.79 Å². The molecule has 0 aromatic heterocycles. The van der Waals surface area contributed by atoms with Gasteiger partial charge in [-0.25, -0.2) is 4.79 Å². The lowest BCUT2D eigenvalue weighted by Crippen LogP contribution is -2.40. The highest BCUT2D eigenvalue weighted by molar-refractivity contribution is 6.31. The number of hydrogen-bond donors (Lipinski definition) is 1. The van der Waals surface area contributed by atoms with Gasteiger partial charge in [0.05, 0.1) is 0 Å². The average Bonchev–Trinajstić information content (AvgIpc) is 2.04. The normalized spacial score (nSPS) is 17.7. The zero-order chi connectivity index (χ0) is 9.14. The molecule has 12 heavy (non-hydrogen) atoms. The molecule has 1 aliphatic heterocycles. The van der Waals surface area contributed by atoms with Crippen molar-refractivity contribution in [3.8, 4) is 0 Å². The van der Waals surface area contributed by atoms with E-state index in [1.165, 1.54) is 4.90 Å². The van der Waals surface area contributed by atoms with E-state index in [-0.39, 0.29) is 0 Å². The van der Waals surface area contributed by atoms with Crippen molar-refractivity contribution in [3.63, 3.8) is 0 Å². The number of carboxylic acids is 1. The summed E-state index contributed by atoms with van der Waals surface area (Å²) in [6.07, 6.45) is 1.44. The van der Waals surface area contributed by atoms with Crippen molar-refractivity contribution < 1.29 is 14.7 Å². The minimum absolute atomic E-state index is 0.490. The average molecular weight is 169 g/mol. The molecular formula is C8H11NO3. The summed E-state index contributed by atoms with van der Waals surface area (Å²) in [5.74, 6) is -2.18. The number of nitrogens with zero attached hydrogens (tertiary/aromatic N) is 1. The Kier molecular flexibility index (Phi) is 2.47. The Balaban J connectivity index is 2.50. The standard InChI is InChI=1S/C8H11NO3/c1-6-2-4-9(5-3-6)7(10)8(11)12/h1-5H2,(H,11,12). The summed E-state index contributed by atoms with van der Waals surface area (Å²) in [5.41, 5.74) is 1.09. The van der Waals surface area contributed by atoms with E-state index in [0.717, 1.165) is 18.4 Å². The summed E-state index contributed by atoms with van der Waals surface area (Å²) in [7, 11) is 0. The molecule has 0 radical (unpaired) electrons. The Bertz CT molecular complexity index is 224. The number of hydrogen-bond acceptors (Lipinski definition) is 2. The molecule has 0 aromatic carbocycles. The molecule has 1 aliphatic rings. The number of amides is 1. The molecule has 0 unspecified atom stereocenters. The van der Waals surface area contributed by atoms with Crippen LogP contribution in [-0.2, 0) is 9.59 Å². The Labute approximate surface area is 70.5 Å². The van der Waals surface area contributed by atoms with Crippen LogP contribution in [0, 0.1) is 0 Å². The number of piperidine rings is 1. The Morgan fingerprint density at radius 1 is 1.33 bits per heavy atom. The second kappa shape index (κ2) is 3.38. The van der Waals surface area contributed by atoms with E-state index >= 15 is 0 Å². The third kappa shape index (κ3) is 1.84. The lowest BCUT2D eigenvalue weighted by Gasteiger charge is -2.26. The van der Waals surface area contributed by atoms with E-state index in [0.29, 0.717) is 13.1 Å². The maximum Gasteiger partial charge on any atom is 0.394 e. The third-order valence-electron chi connectivity index (χ3n) is 1.94. The van der Waals surface area contributed by atoms with E-state index in [1.807, 2.05) is 0 Å². The fourth-order valence-electron chi connectivity index (χ4n) is 1.16. The maximum atomic E-state index is 10.9. The minimum Gasteiger partial charge on any atom is -0.474 e. The van der Waals surface area contributed by atoms with Crippen molar-refractivity contribution in [1.29, 1.82) is 0 Å². The van der Waals surface area contributed by atoms with Crippen molar-refractivity contribution in [2.45, 2.75) is 12.8 Å². The SMILES string of the molecule is C=C1CCN(C(=O)C(=O)O)CC1. The van der Waals surface area contributed by atoms with Gasteiger partial charge < -0.3 is 10.0 Å². The van der Waals surface area contributed by atoms with Crippen LogP contribution in [0.5, 0.6) is 0 Å². The van der Waals surface area contributed by atoms with Crippen molar-refractivity contribution in [1.82, 2.24) is 4.90 Å². The molecule has 0 saturated carbocycles. The molecule has 1 heterocycles. The Morgan fingerprint density at radius 2 is 1.83 bits per heavy atom. The summed E-state index contributed by atoms with van der Waals surface area (Å²) in [4.78, 5) is 22.5. The molecule has 0 spiro atoms. The quantitative estimate of drug-likeness (QED) is 0.417. The first-order valence-corrected chi connectivity index (χ1v) is 3.80. The van der Waals surface area contributed by atoms with Gasteiger partial charge in [0, 0.05) is 13.1 Å². The number of carboxylic acid groups (broad SMARTS) is 1. The van der Waals surface area contributed by atoms with Gasteiger partial charge in [-0.15, -0.1) is 0 Å². The largest absolute Gasteiger partial charge is 0.474 e. The molecule has 0 atom stereocenters. The molecule has 1 saturated heterocycles. The molecule has 1 rings (SSSR count). The third-order valence-corrected chi connectivity index (χ3v) is 1.94. The van der Waals surface area contributed by atoms with Gasteiger partial charge in [-0.1, -0.05) is 12.2 Å². The molecule has 0 aromatic rings. The maximum absolute atomic E-state index is 10.9. The van der Waals surface area contributed by atoms with Crippen molar-refractivity contribution in [3.05, 3.63) is 12.2 Å².